The van der Waals surface area contributed by atoms with Crippen LogP contribution < -0.4 is 5.32 Å². The van der Waals surface area contributed by atoms with E-state index in [9.17, 15) is 5.26 Å². The predicted molar refractivity (Wildman–Crippen MR) is 107 cm³/mol. The van der Waals surface area contributed by atoms with Gasteiger partial charge in [-0.3, -0.25) is 0 Å². The van der Waals surface area contributed by atoms with Gasteiger partial charge in [-0.05, 0) is 55.2 Å². The molecule has 0 aromatic heterocycles. The van der Waals surface area contributed by atoms with E-state index in [0.29, 0.717) is 10.1 Å². The summed E-state index contributed by atoms with van der Waals surface area (Å²) in [7, 11) is 0. The first-order valence-electron chi connectivity index (χ1n) is 8.33. The number of rotatable bonds is 2. The quantitative estimate of drug-likeness (QED) is 0.764. The van der Waals surface area contributed by atoms with Crippen molar-refractivity contribution >= 4 is 34.6 Å². The number of aryl methyl sites for hydroxylation is 1. The van der Waals surface area contributed by atoms with Gasteiger partial charge in [0.1, 0.15) is 0 Å². The summed E-state index contributed by atoms with van der Waals surface area (Å²) in [5.74, 6) is 0. The Bertz CT molecular complexity index is 805. The number of benzene rings is 2. The highest BCUT2D eigenvalue weighted by Crippen LogP contribution is 2.35. The third-order valence-corrected chi connectivity index (χ3v) is 5.48. The van der Waals surface area contributed by atoms with E-state index in [-0.39, 0.29) is 0 Å². The highest BCUT2D eigenvalue weighted by atomic mass is 35.5. The van der Waals surface area contributed by atoms with Gasteiger partial charge < -0.3 is 10.2 Å². The van der Waals surface area contributed by atoms with E-state index in [1.165, 1.54) is 0 Å². The van der Waals surface area contributed by atoms with Gasteiger partial charge >= 0.3 is 0 Å². The van der Waals surface area contributed by atoms with Gasteiger partial charge in [-0.25, -0.2) is 0 Å². The molecule has 3 nitrogen and oxygen atoms in total. The number of piperidine rings is 1. The van der Waals surface area contributed by atoms with Crippen LogP contribution in [-0.4, -0.2) is 23.1 Å². The molecular formula is C20H20ClN3S. The van der Waals surface area contributed by atoms with Gasteiger partial charge in [-0.15, -0.1) is 0 Å². The molecule has 1 aliphatic heterocycles. The van der Waals surface area contributed by atoms with E-state index in [1.54, 1.807) is 0 Å². The molecule has 0 bridgehead atoms. The van der Waals surface area contributed by atoms with Gasteiger partial charge in [0.25, 0.3) is 0 Å². The number of anilines is 1. The summed E-state index contributed by atoms with van der Waals surface area (Å²) < 4.78 is 0. The van der Waals surface area contributed by atoms with Crippen LogP contribution in [0.2, 0.25) is 5.02 Å². The first-order chi connectivity index (χ1) is 12.0. The van der Waals surface area contributed by atoms with Crippen molar-refractivity contribution in [1.29, 1.82) is 5.26 Å². The minimum atomic E-state index is -0.422. The summed E-state index contributed by atoms with van der Waals surface area (Å²) in [4.78, 5) is 2.12. The van der Waals surface area contributed by atoms with Crippen molar-refractivity contribution < 1.29 is 0 Å². The first kappa shape index (κ1) is 17.7. The van der Waals surface area contributed by atoms with Gasteiger partial charge in [-0.1, -0.05) is 48.0 Å². The van der Waals surface area contributed by atoms with Crippen LogP contribution in [0.4, 0.5) is 5.69 Å². The summed E-state index contributed by atoms with van der Waals surface area (Å²) in [6, 6.07) is 18.5. The highest BCUT2D eigenvalue weighted by molar-refractivity contribution is 7.80. The lowest BCUT2D eigenvalue weighted by Gasteiger charge is -2.38. The molecule has 128 valence electrons. The summed E-state index contributed by atoms with van der Waals surface area (Å²) in [6.07, 6.45) is 1.52. The average Bonchev–Trinajstić information content (AvgIpc) is 2.65. The van der Waals surface area contributed by atoms with Crippen LogP contribution in [0.5, 0.6) is 0 Å². The summed E-state index contributed by atoms with van der Waals surface area (Å²) in [6.45, 7) is 3.50. The molecule has 1 fully saturated rings. The fourth-order valence-corrected chi connectivity index (χ4v) is 3.80. The molecule has 5 heteroatoms. The second kappa shape index (κ2) is 7.43. The molecule has 2 aromatic rings. The van der Waals surface area contributed by atoms with E-state index < -0.39 is 5.41 Å². The van der Waals surface area contributed by atoms with Crippen molar-refractivity contribution in [2.24, 2.45) is 0 Å². The molecule has 2 aromatic carbocycles. The fraction of sp³-hybridized carbons (Fsp3) is 0.300. The molecule has 0 saturated carbocycles. The predicted octanol–water partition coefficient (Wildman–Crippen LogP) is 4.90. The molecule has 25 heavy (non-hydrogen) atoms. The minimum absolute atomic E-state index is 0.422. The molecule has 1 aliphatic rings. The van der Waals surface area contributed by atoms with Crippen molar-refractivity contribution in [2.45, 2.75) is 25.2 Å². The zero-order chi connectivity index (χ0) is 17.9. The standard InChI is InChI=1S/C20H20ClN3S/c1-15-7-8-18(17(21)13-15)23-19(25)24-11-9-20(14-22,10-12-24)16-5-3-2-4-6-16/h2-8,13H,9-12H2,1H3,(H,23,25). The topological polar surface area (TPSA) is 39.1 Å². The number of hydrogen-bond donors (Lipinski definition) is 1. The van der Waals surface area contributed by atoms with Crippen LogP contribution in [-0.2, 0) is 5.41 Å². The molecule has 3 rings (SSSR count). The third-order valence-electron chi connectivity index (χ3n) is 4.81. The Morgan fingerprint density at radius 1 is 1.20 bits per heavy atom. The SMILES string of the molecule is Cc1ccc(NC(=S)N2CCC(C#N)(c3ccccc3)CC2)c(Cl)c1. The summed E-state index contributed by atoms with van der Waals surface area (Å²) >= 11 is 11.8. The van der Waals surface area contributed by atoms with Crippen LogP contribution >= 0.6 is 23.8 Å². The molecule has 0 unspecified atom stereocenters. The number of likely N-dealkylation sites (tertiary alicyclic amines) is 1. The lowest BCUT2D eigenvalue weighted by Crippen LogP contribution is -2.46. The van der Waals surface area contributed by atoms with Crippen molar-refractivity contribution in [3.8, 4) is 6.07 Å². The Labute approximate surface area is 159 Å². The molecule has 1 N–H and O–H groups in total. The molecular weight excluding hydrogens is 350 g/mol. The van der Waals surface area contributed by atoms with E-state index in [2.05, 4.69) is 16.3 Å². The van der Waals surface area contributed by atoms with Crippen LogP contribution in [0.1, 0.15) is 24.0 Å². The lowest BCUT2D eigenvalue weighted by atomic mass is 9.74. The number of halogens is 1. The number of nitriles is 1. The Hall–Kier alpha value is -2.09. The molecule has 1 heterocycles. The zero-order valence-electron chi connectivity index (χ0n) is 14.1. The number of nitrogens with zero attached hydrogens (tertiary/aromatic N) is 2. The first-order valence-corrected chi connectivity index (χ1v) is 9.11. The minimum Gasteiger partial charge on any atom is -0.349 e. The number of hydrogen-bond acceptors (Lipinski definition) is 2. The largest absolute Gasteiger partial charge is 0.349 e. The zero-order valence-corrected chi connectivity index (χ0v) is 15.7. The van der Waals surface area contributed by atoms with Crippen LogP contribution in [0, 0.1) is 18.3 Å². The van der Waals surface area contributed by atoms with E-state index in [1.807, 2.05) is 55.5 Å². The van der Waals surface area contributed by atoms with Crippen LogP contribution in [0.25, 0.3) is 0 Å². The third kappa shape index (κ3) is 3.78. The van der Waals surface area contributed by atoms with E-state index in [4.69, 9.17) is 23.8 Å². The maximum absolute atomic E-state index is 9.78. The molecule has 0 atom stereocenters. The van der Waals surface area contributed by atoms with Crippen molar-refractivity contribution in [3.05, 3.63) is 64.7 Å². The van der Waals surface area contributed by atoms with Gasteiger partial charge in [0.05, 0.1) is 22.2 Å². The Morgan fingerprint density at radius 2 is 1.88 bits per heavy atom. The molecule has 0 amide bonds. The van der Waals surface area contributed by atoms with Crippen LogP contribution in [0.15, 0.2) is 48.5 Å². The van der Waals surface area contributed by atoms with Crippen molar-refractivity contribution in [2.75, 3.05) is 18.4 Å². The van der Waals surface area contributed by atoms with E-state index >= 15 is 0 Å². The van der Waals surface area contributed by atoms with Gasteiger partial charge in [-0.2, -0.15) is 5.26 Å². The maximum Gasteiger partial charge on any atom is 0.173 e. The molecule has 0 radical (unpaired) electrons. The normalized spacial score (nSPS) is 16.1. The highest BCUT2D eigenvalue weighted by Gasteiger charge is 2.37. The van der Waals surface area contributed by atoms with Crippen molar-refractivity contribution in [1.82, 2.24) is 4.90 Å². The summed E-state index contributed by atoms with van der Waals surface area (Å²) in [5, 5.41) is 14.3. The maximum atomic E-state index is 9.78. The smallest absolute Gasteiger partial charge is 0.173 e. The van der Waals surface area contributed by atoms with Gasteiger partial charge in [0, 0.05) is 13.1 Å². The van der Waals surface area contributed by atoms with Gasteiger partial charge in [0.15, 0.2) is 5.11 Å². The lowest BCUT2D eigenvalue weighted by molar-refractivity contribution is 0.272. The Kier molecular flexibility index (Phi) is 5.27. The number of thiocarbonyl (C=S) groups is 1. The fourth-order valence-electron chi connectivity index (χ4n) is 3.23. The Balaban J connectivity index is 1.67. The monoisotopic (exact) mass is 369 g/mol. The Morgan fingerprint density at radius 3 is 2.48 bits per heavy atom. The van der Waals surface area contributed by atoms with Crippen molar-refractivity contribution in [3.63, 3.8) is 0 Å². The summed E-state index contributed by atoms with van der Waals surface area (Å²) in [5.41, 5.74) is 2.60. The number of nitrogens with one attached hydrogen (secondary N) is 1. The van der Waals surface area contributed by atoms with Gasteiger partial charge in [0.2, 0.25) is 0 Å². The van der Waals surface area contributed by atoms with Crippen LogP contribution in [0.3, 0.4) is 0 Å². The molecule has 0 aliphatic carbocycles. The molecule has 0 spiro atoms. The van der Waals surface area contributed by atoms with E-state index in [0.717, 1.165) is 42.7 Å². The second-order valence-electron chi connectivity index (χ2n) is 6.46. The molecule has 1 saturated heterocycles. The second-order valence-corrected chi connectivity index (χ2v) is 7.25. The average molecular weight is 370 g/mol.